The lowest BCUT2D eigenvalue weighted by Gasteiger charge is -2.32. The van der Waals surface area contributed by atoms with E-state index in [9.17, 15) is 9.59 Å². The van der Waals surface area contributed by atoms with E-state index in [1.807, 2.05) is 20.8 Å². The fourth-order valence-electron chi connectivity index (χ4n) is 1.85. The van der Waals surface area contributed by atoms with Crippen LogP contribution in [0.4, 0.5) is 4.79 Å². The van der Waals surface area contributed by atoms with Crippen molar-refractivity contribution in [3.8, 4) is 0 Å². The molecule has 1 aliphatic heterocycles. The molecule has 3 amide bonds. The van der Waals surface area contributed by atoms with Crippen molar-refractivity contribution in [2.75, 3.05) is 13.1 Å². The largest absolute Gasteiger partial charge is 0.336 e. The Morgan fingerprint density at radius 1 is 1.59 bits per heavy atom. The molecule has 96 valence electrons. The second-order valence-electron chi connectivity index (χ2n) is 5.22. The number of nitrogens with one attached hydrogen (secondary N) is 2. The number of nitrogens with zero attached hydrogens (tertiary/aromatic N) is 1. The Morgan fingerprint density at radius 3 is 2.71 bits per heavy atom. The van der Waals surface area contributed by atoms with Gasteiger partial charge in [0.05, 0.1) is 6.04 Å². The molecule has 0 saturated carbocycles. The van der Waals surface area contributed by atoms with Crippen LogP contribution in [-0.4, -0.2) is 41.5 Å². The zero-order chi connectivity index (χ0) is 13.1. The van der Waals surface area contributed by atoms with Gasteiger partial charge in [0.15, 0.2) is 0 Å². The van der Waals surface area contributed by atoms with E-state index < -0.39 is 0 Å². The van der Waals surface area contributed by atoms with Gasteiger partial charge in [-0.1, -0.05) is 6.08 Å². The average molecular weight is 239 g/mol. The summed E-state index contributed by atoms with van der Waals surface area (Å²) in [7, 11) is 0. The summed E-state index contributed by atoms with van der Waals surface area (Å²) in [5, 5.41) is 5.42. The Hall–Kier alpha value is -1.52. The van der Waals surface area contributed by atoms with E-state index in [1.165, 1.54) is 0 Å². The first-order valence-corrected chi connectivity index (χ1v) is 5.80. The van der Waals surface area contributed by atoms with E-state index in [2.05, 4.69) is 17.2 Å². The summed E-state index contributed by atoms with van der Waals surface area (Å²) in [6.45, 7) is 10.5. The van der Waals surface area contributed by atoms with Gasteiger partial charge in [-0.3, -0.25) is 4.79 Å². The topological polar surface area (TPSA) is 61.4 Å². The van der Waals surface area contributed by atoms with Crippen molar-refractivity contribution < 1.29 is 9.59 Å². The lowest BCUT2D eigenvalue weighted by atomic mass is 10.1. The minimum absolute atomic E-state index is 0.0894. The molecular formula is C12H21N3O2. The summed E-state index contributed by atoms with van der Waals surface area (Å²) in [4.78, 5) is 25.0. The van der Waals surface area contributed by atoms with Crippen LogP contribution < -0.4 is 10.6 Å². The molecule has 1 rings (SSSR count). The second-order valence-corrected chi connectivity index (χ2v) is 5.22. The van der Waals surface area contributed by atoms with Crippen LogP contribution in [0, 0.1) is 0 Å². The first-order valence-electron chi connectivity index (χ1n) is 5.80. The molecule has 0 aromatic rings. The Kier molecular flexibility index (Phi) is 4.15. The molecule has 1 heterocycles. The zero-order valence-corrected chi connectivity index (χ0v) is 10.7. The smallest absolute Gasteiger partial charge is 0.315 e. The highest BCUT2D eigenvalue weighted by Crippen LogP contribution is 2.21. The van der Waals surface area contributed by atoms with Crippen LogP contribution in [0.3, 0.4) is 0 Å². The van der Waals surface area contributed by atoms with Gasteiger partial charge in [-0.05, 0) is 20.8 Å². The van der Waals surface area contributed by atoms with Gasteiger partial charge < -0.3 is 15.5 Å². The minimum Gasteiger partial charge on any atom is -0.336 e. The SMILES string of the molecule is C=CCNC(=O)NC1CC(=O)N(C(C)(C)C)C1. The Morgan fingerprint density at radius 2 is 2.24 bits per heavy atom. The molecule has 1 aliphatic rings. The van der Waals surface area contributed by atoms with E-state index >= 15 is 0 Å². The lowest BCUT2D eigenvalue weighted by molar-refractivity contribution is -0.131. The standard InChI is InChI=1S/C12H21N3O2/c1-5-6-13-11(17)14-9-7-10(16)15(8-9)12(2,3)4/h5,9H,1,6-8H2,2-4H3,(H2,13,14,17). The van der Waals surface area contributed by atoms with Gasteiger partial charge in [-0.25, -0.2) is 4.79 Å². The highest BCUT2D eigenvalue weighted by molar-refractivity contribution is 5.82. The number of rotatable bonds is 3. The molecule has 17 heavy (non-hydrogen) atoms. The third kappa shape index (κ3) is 3.76. The number of hydrogen-bond donors (Lipinski definition) is 2. The third-order valence-corrected chi connectivity index (χ3v) is 2.68. The number of likely N-dealkylation sites (tertiary alicyclic amines) is 1. The molecule has 1 fully saturated rings. The van der Waals surface area contributed by atoms with Crippen LogP contribution in [0.15, 0.2) is 12.7 Å². The molecule has 0 spiro atoms. The van der Waals surface area contributed by atoms with Crippen LogP contribution in [0.25, 0.3) is 0 Å². The maximum atomic E-state index is 11.8. The monoisotopic (exact) mass is 239 g/mol. The molecule has 1 saturated heterocycles. The molecule has 1 unspecified atom stereocenters. The van der Waals surface area contributed by atoms with Crippen molar-refractivity contribution in [1.82, 2.24) is 15.5 Å². The summed E-state index contributed by atoms with van der Waals surface area (Å²) in [5.41, 5.74) is -0.189. The summed E-state index contributed by atoms with van der Waals surface area (Å²) >= 11 is 0. The van der Waals surface area contributed by atoms with Gasteiger partial charge in [0.25, 0.3) is 0 Å². The van der Waals surface area contributed by atoms with Gasteiger partial charge in [0.1, 0.15) is 0 Å². The molecule has 2 N–H and O–H groups in total. The molecule has 0 radical (unpaired) electrons. The molecule has 0 aromatic heterocycles. The van der Waals surface area contributed by atoms with Crippen LogP contribution in [0.5, 0.6) is 0 Å². The molecule has 0 bridgehead atoms. The number of urea groups is 1. The van der Waals surface area contributed by atoms with Gasteiger partial charge in [0, 0.05) is 25.0 Å². The maximum absolute atomic E-state index is 11.8. The third-order valence-electron chi connectivity index (χ3n) is 2.68. The Balaban J connectivity index is 2.47. The molecule has 0 aliphatic carbocycles. The predicted octanol–water partition coefficient (Wildman–Crippen LogP) is 0.871. The van der Waals surface area contributed by atoms with Crippen molar-refractivity contribution in [2.24, 2.45) is 0 Å². The maximum Gasteiger partial charge on any atom is 0.315 e. The van der Waals surface area contributed by atoms with Gasteiger partial charge in [-0.15, -0.1) is 6.58 Å². The Bertz CT molecular complexity index is 320. The van der Waals surface area contributed by atoms with Crippen LogP contribution >= 0.6 is 0 Å². The fourth-order valence-corrected chi connectivity index (χ4v) is 1.85. The quantitative estimate of drug-likeness (QED) is 0.718. The first-order chi connectivity index (χ1) is 7.84. The van der Waals surface area contributed by atoms with Gasteiger partial charge in [-0.2, -0.15) is 0 Å². The van der Waals surface area contributed by atoms with E-state index in [0.717, 1.165) is 0 Å². The van der Waals surface area contributed by atoms with Gasteiger partial charge in [0.2, 0.25) is 5.91 Å². The zero-order valence-electron chi connectivity index (χ0n) is 10.7. The number of carbonyl (C=O) groups is 2. The van der Waals surface area contributed by atoms with Crippen LogP contribution in [0.2, 0.25) is 0 Å². The molecule has 5 heteroatoms. The molecule has 1 atom stereocenters. The normalized spacial score (nSPS) is 20.3. The minimum atomic E-state index is -0.251. The van der Waals surface area contributed by atoms with Crippen molar-refractivity contribution in [2.45, 2.75) is 38.8 Å². The van der Waals surface area contributed by atoms with Crippen molar-refractivity contribution in [1.29, 1.82) is 0 Å². The predicted molar refractivity (Wildman–Crippen MR) is 66.6 cm³/mol. The fraction of sp³-hybridized carbons (Fsp3) is 0.667. The summed E-state index contributed by atoms with van der Waals surface area (Å²) in [6.07, 6.45) is 1.99. The highest BCUT2D eigenvalue weighted by atomic mass is 16.2. The van der Waals surface area contributed by atoms with Crippen LogP contribution in [0.1, 0.15) is 27.2 Å². The van der Waals surface area contributed by atoms with Gasteiger partial charge >= 0.3 is 6.03 Å². The Labute approximate surface area is 102 Å². The molecule has 0 aromatic carbocycles. The molecular weight excluding hydrogens is 218 g/mol. The van der Waals surface area contributed by atoms with Crippen molar-refractivity contribution >= 4 is 11.9 Å². The summed E-state index contributed by atoms with van der Waals surface area (Å²) in [5.74, 6) is 0.0894. The van der Waals surface area contributed by atoms with E-state index in [-0.39, 0.29) is 23.5 Å². The number of carbonyl (C=O) groups excluding carboxylic acids is 2. The van der Waals surface area contributed by atoms with Crippen molar-refractivity contribution in [3.05, 3.63) is 12.7 Å². The number of hydrogen-bond acceptors (Lipinski definition) is 2. The second kappa shape index (κ2) is 5.21. The van der Waals surface area contributed by atoms with Crippen molar-refractivity contribution in [3.63, 3.8) is 0 Å². The van der Waals surface area contributed by atoms with E-state index in [1.54, 1.807) is 11.0 Å². The number of amides is 3. The molecule has 5 nitrogen and oxygen atoms in total. The first kappa shape index (κ1) is 13.5. The van der Waals surface area contributed by atoms with E-state index in [4.69, 9.17) is 0 Å². The lowest BCUT2D eigenvalue weighted by Crippen LogP contribution is -2.46. The highest BCUT2D eigenvalue weighted by Gasteiger charge is 2.36. The summed E-state index contributed by atoms with van der Waals surface area (Å²) < 4.78 is 0. The summed E-state index contributed by atoms with van der Waals surface area (Å²) in [6, 6.07) is -0.356. The van der Waals surface area contributed by atoms with E-state index in [0.29, 0.717) is 19.5 Å². The van der Waals surface area contributed by atoms with Crippen LogP contribution in [-0.2, 0) is 4.79 Å². The average Bonchev–Trinajstić information content (AvgIpc) is 2.56.